The third-order valence-electron chi connectivity index (χ3n) is 4.77. The normalized spacial score (nSPS) is 17.3. The van der Waals surface area contributed by atoms with Crippen molar-refractivity contribution in [2.45, 2.75) is 38.8 Å². The number of rotatable bonds is 8. The number of likely N-dealkylation sites (tertiary alicyclic amines) is 1. The van der Waals surface area contributed by atoms with E-state index in [1.54, 1.807) is 7.11 Å². The van der Waals surface area contributed by atoms with Crippen molar-refractivity contribution in [1.82, 2.24) is 15.5 Å². The summed E-state index contributed by atoms with van der Waals surface area (Å²) in [5.41, 5.74) is 2.10. The molecule has 1 heterocycles. The van der Waals surface area contributed by atoms with Gasteiger partial charge in [-0.2, -0.15) is 0 Å². The minimum Gasteiger partial charge on any atom is -0.386 e. The van der Waals surface area contributed by atoms with Gasteiger partial charge in [-0.15, -0.1) is 24.0 Å². The molecule has 0 radical (unpaired) electrons. The van der Waals surface area contributed by atoms with Gasteiger partial charge in [0, 0.05) is 39.3 Å². The maximum atomic E-state index is 10.4. The van der Waals surface area contributed by atoms with Crippen LogP contribution >= 0.6 is 24.0 Å². The summed E-state index contributed by atoms with van der Waals surface area (Å²) in [6, 6.07) is 8.38. The highest BCUT2D eigenvalue weighted by molar-refractivity contribution is 14.0. The van der Waals surface area contributed by atoms with Crippen molar-refractivity contribution in [3.05, 3.63) is 35.4 Å². The number of aliphatic hydroxyl groups is 1. The highest BCUT2D eigenvalue weighted by Crippen LogP contribution is 2.14. The smallest absolute Gasteiger partial charge is 0.191 e. The predicted molar refractivity (Wildman–Crippen MR) is 122 cm³/mol. The SMILES string of the molecule is CCNC(=NCC(O)c1ccc(C)cc1)NC1CCN(CCOC)CC1.I. The van der Waals surface area contributed by atoms with Gasteiger partial charge in [0.25, 0.3) is 0 Å². The standard InChI is InChI=1S/C20H34N4O2.HI/c1-4-21-20(22-15-19(25)17-7-5-16(2)6-8-17)23-18-9-11-24(12-10-18)13-14-26-3;/h5-8,18-19,25H,4,9-15H2,1-3H3,(H2,21,22,23);1H. The number of methoxy groups -OCH3 is 1. The maximum absolute atomic E-state index is 10.4. The van der Waals surface area contributed by atoms with Crippen molar-refractivity contribution < 1.29 is 9.84 Å². The third kappa shape index (κ3) is 8.76. The van der Waals surface area contributed by atoms with Crippen LogP contribution in [0.1, 0.15) is 37.0 Å². The van der Waals surface area contributed by atoms with E-state index in [2.05, 4.69) is 27.4 Å². The van der Waals surface area contributed by atoms with Gasteiger partial charge in [-0.05, 0) is 32.3 Å². The monoisotopic (exact) mass is 490 g/mol. The Morgan fingerprint density at radius 2 is 1.96 bits per heavy atom. The first-order chi connectivity index (χ1) is 12.6. The first-order valence-corrected chi connectivity index (χ1v) is 9.63. The van der Waals surface area contributed by atoms with Crippen LogP contribution in [-0.4, -0.2) is 68.4 Å². The molecule has 0 bridgehead atoms. The van der Waals surface area contributed by atoms with Crippen LogP contribution < -0.4 is 10.6 Å². The molecule has 1 atom stereocenters. The highest BCUT2D eigenvalue weighted by Gasteiger charge is 2.19. The summed E-state index contributed by atoms with van der Waals surface area (Å²) < 4.78 is 5.16. The van der Waals surface area contributed by atoms with Crippen molar-refractivity contribution >= 4 is 29.9 Å². The molecule has 3 N–H and O–H groups in total. The topological polar surface area (TPSA) is 69.1 Å². The number of benzene rings is 1. The van der Waals surface area contributed by atoms with Crippen LogP contribution in [0.5, 0.6) is 0 Å². The summed E-state index contributed by atoms with van der Waals surface area (Å²) in [5, 5.41) is 17.2. The van der Waals surface area contributed by atoms with Crippen LogP contribution in [0.15, 0.2) is 29.3 Å². The van der Waals surface area contributed by atoms with Gasteiger partial charge in [0.15, 0.2) is 5.96 Å². The lowest BCUT2D eigenvalue weighted by atomic mass is 10.1. The molecule has 1 unspecified atom stereocenters. The van der Waals surface area contributed by atoms with Crippen molar-refractivity contribution in [1.29, 1.82) is 0 Å². The molecule has 0 saturated carbocycles. The van der Waals surface area contributed by atoms with Gasteiger partial charge in [-0.25, -0.2) is 0 Å². The number of aliphatic hydroxyl groups excluding tert-OH is 1. The highest BCUT2D eigenvalue weighted by atomic mass is 127. The number of hydrogen-bond acceptors (Lipinski definition) is 4. The first-order valence-electron chi connectivity index (χ1n) is 9.63. The zero-order valence-electron chi connectivity index (χ0n) is 16.8. The Morgan fingerprint density at radius 3 is 2.56 bits per heavy atom. The van der Waals surface area contributed by atoms with Gasteiger partial charge in [-0.3, -0.25) is 4.99 Å². The van der Waals surface area contributed by atoms with Crippen molar-refractivity contribution in [2.75, 3.05) is 46.4 Å². The Morgan fingerprint density at radius 1 is 1.30 bits per heavy atom. The van der Waals surface area contributed by atoms with Crippen molar-refractivity contribution in [3.8, 4) is 0 Å². The molecule has 1 aromatic rings. The lowest BCUT2D eigenvalue weighted by Crippen LogP contribution is -2.49. The summed E-state index contributed by atoms with van der Waals surface area (Å²) in [7, 11) is 1.75. The van der Waals surface area contributed by atoms with Crippen LogP contribution in [0.3, 0.4) is 0 Å². The minimum atomic E-state index is -0.582. The fourth-order valence-electron chi connectivity index (χ4n) is 3.11. The molecule has 2 rings (SSSR count). The molecule has 1 aliphatic rings. The number of nitrogens with zero attached hydrogens (tertiary/aromatic N) is 2. The van der Waals surface area contributed by atoms with E-state index < -0.39 is 6.10 Å². The summed E-state index contributed by atoms with van der Waals surface area (Å²) >= 11 is 0. The number of aliphatic imine (C=N–C) groups is 1. The number of ether oxygens (including phenoxy) is 1. The second-order valence-corrected chi connectivity index (χ2v) is 6.90. The molecule has 1 saturated heterocycles. The van der Waals surface area contributed by atoms with Gasteiger partial charge < -0.3 is 25.4 Å². The van der Waals surface area contributed by atoms with E-state index in [0.29, 0.717) is 12.6 Å². The number of nitrogens with one attached hydrogen (secondary N) is 2. The van der Waals surface area contributed by atoms with Crippen molar-refractivity contribution in [3.63, 3.8) is 0 Å². The van der Waals surface area contributed by atoms with Crippen LogP contribution in [0, 0.1) is 6.92 Å². The van der Waals surface area contributed by atoms with E-state index in [1.165, 1.54) is 5.56 Å². The number of guanidine groups is 1. The molecule has 154 valence electrons. The van der Waals surface area contributed by atoms with Crippen molar-refractivity contribution in [2.24, 2.45) is 4.99 Å². The fraction of sp³-hybridized carbons (Fsp3) is 0.650. The molecule has 1 fully saturated rings. The van der Waals surface area contributed by atoms with E-state index in [9.17, 15) is 5.11 Å². The molecule has 27 heavy (non-hydrogen) atoms. The van der Waals surface area contributed by atoms with E-state index in [0.717, 1.165) is 57.2 Å². The molecule has 0 spiro atoms. The van der Waals surface area contributed by atoms with E-state index >= 15 is 0 Å². The van der Waals surface area contributed by atoms with E-state index in [4.69, 9.17) is 4.74 Å². The minimum absolute atomic E-state index is 0. The summed E-state index contributed by atoms with van der Waals surface area (Å²) in [6.07, 6.45) is 1.60. The number of halogens is 1. The molecule has 1 aromatic carbocycles. The zero-order chi connectivity index (χ0) is 18.8. The molecule has 0 aromatic heterocycles. The van der Waals surface area contributed by atoms with Gasteiger partial charge in [0.1, 0.15) is 0 Å². The summed E-state index contributed by atoms with van der Waals surface area (Å²) in [6.45, 7) is 9.20. The molecular weight excluding hydrogens is 455 g/mol. The van der Waals surface area contributed by atoms with Crippen LogP contribution in [-0.2, 0) is 4.74 Å². The Bertz CT molecular complexity index is 545. The number of piperidine rings is 1. The molecule has 1 aliphatic heterocycles. The van der Waals surface area contributed by atoms with Gasteiger partial charge >= 0.3 is 0 Å². The van der Waals surface area contributed by atoms with Crippen LogP contribution in [0.25, 0.3) is 0 Å². The zero-order valence-corrected chi connectivity index (χ0v) is 19.1. The van der Waals surface area contributed by atoms with E-state index in [-0.39, 0.29) is 24.0 Å². The molecule has 0 aliphatic carbocycles. The summed E-state index contributed by atoms with van der Waals surface area (Å²) in [5.74, 6) is 0.786. The summed E-state index contributed by atoms with van der Waals surface area (Å²) in [4.78, 5) is 7.02. The van der Waals surface area contributed by atoms with Gasteiger partial charge in [0.05, 0.1) is 19.3 Å². The predicted octanol–water partition coefficient (Wildman–Crippen LogP) is 2.31. The fourth-order valence-corrected chi connectivity index (χ4v) is 3.11. The van der Waals surface area contributed by atoms with Gasteiger partial charge in [0.2, 0.25) is 0 Å². The third-order valence-corrected chi connectivity index (χ3v) is 4.77. The Kier molecular flexibility index (Phi) is 11.9. The lowest BCUT2D eigenvalue weighted by Gasteiger charge is -2.32. The van der Waals surface area contributed by atoms with Gasteiger partial charge in [-0.1, -0.05) is 29.8 Å². The number of hydrogen-bond donors (Lipinski definition) is 3. The Balaban J connectivity index is 0.00000364. The second-order valence-electron chi connectivity index (χ2n) is 6.90. The Labute approximate surface area is 180 Å². The van der Waals surface area contributed by atoms with Crippen LogP contribution in [0.2, 0.25) is 0 Å². The van der Waals surface area contributed by atoms with Crippen LogP contribution in [0.4, 0.5) is 0 Å². The van der Waals surface area contributed by atoms with E-state index in [1.807, 2.05) is 31.2 Å². The largest absolute Gasteiger partial charge is 0.386 e. The average Bonchev–Trinajstić information content (AvgIpc) is 2.66. The Hall–Kier alpha value is -0.900. The first kappa shape index (κ1) is 24.1. The molecule has 0 amide bonds. The second kappa shape index (κ2) is 13.3. The quantitative estimate of drug-likeness (QED) is 0.297. The molecular formula is C20H35IN4O2. The molecule has 6 nitrogen and oxygen atoms in total. The molecule has 7 heteroatoms. The lowest BCUT2D eigenvalue weighted by molar-refractivity contribution is 0.128. The number of aryl methyl sites for hydroxylation is 1. The average molecular weight is 490 g/mol. The maximum Gasteiger partial charge on any atom is 0.191 e.